The minimum absolute atomic E-state index is 0.0896. The maximum absolute atomic E-state index is 11.7. The second kappa shape index (κ2) is 6.35. The second-order valence-corrected chi connectivity index (χ2v) is 5.85. The first kappa shape index (κ1) is 14.3. The summed E-state index contributed by atoms with van der Waals surface area (Å²) in [5, 5.41) is 3.54. The lowest BCUT2D eigenvalue weighted by molar-refractivity contribution is 0.0987. The molecule has 2 rings (SSSR count). The normalized spacial score (nSPS) is 24.8. The highest BCUT2D eigenvalue weighted by molar-refractivity contribution is 4.93. The fourth-order valence-electron chi connectivity index (χ4n) is 2.80. The van der Waals surface area contributed by atoms with E-state index in [1.54, 1.807) is 16.7 Å². The summed E-state index contributed by atoms with van der Waals surface area (Å²) in [5.41, 5.74) is 0.0896. The summed E-state index contributed by atoms with van der Waals surface area (Å²) in [4.78, 5) is 14.2. The highest BCUT2D eigenvalue weighted by Gasteiger charge is 2.27. The van der Waals surface area contributed by atoms with Crippen molar-refractivity contribution in [1.82, 2.24) is 14.8 Å². The van der Waals surface area contributed by atoms with Crippen molar-refractivity contribution in [3.05, 3.63) is 34.7 Å². The van der Waals surface area contributed by atoms with Crippen LogP contribution in [0.4, 0.5) is 0 Å². The summed E-state index contributed by atoms with van der Waals surface area (Å²) in [6.07, 6.45) is 1.87. The van der Waals surface area contributed by atoms with Gasteiger partial charge >= 0.3 is 0 Å². The van der Waals surface area contributed by atoms with Crippen LogP contribution in [0.15, 0.2) is 29.2 Å². The molecule has 0 aliphatic carbocycles. The lowest BCUT2D eigenvalue weighted by Crippen LogP contribution is -2.57. The number of pyridine rings is 1. The molecule has 0 bridgehead atoms. The predicted octanol–water partition coefficient (Wildman–Crippen LogP) is 1.17. The van der Waals surface area contributed by atoms with E-state index in [9.17, 15) is 4.79 Å². The summed E-state index contributed by atoms with van der Waals surface area (Å²) in [6, 6.07) is 6.43. The molecule has 2 atom stereocenters. The van der Waals surface area contributed by atoms with Crippen LogP contribution in [0.2, 0.25) is 0 Å². The topological polar surface area (TPSA) is 37.3 Å². The first-order valence-corrected chi connectivity index (χ1v) is 7.21. The number of piperazine rings is 1. The van der Waals surface area contributed by atoms with E-state index in [0.717, 1.165) is 26.2 Å². The molecule has 1 aliphatic rings. The van der Waals surface area contributed by atoms with Crippen molar-refractivity contribution >= 4 is 0 Å². The van der Waals surface area contributed by atoms with E-state index in [2.05, 4.69) is 31.0 Å². The third-order valence-electron chi connectivity index (χ3n) is 3.95. The minimum atomic E-state index is 0.0896. The molecule has 1 fully saturated rings. The van der Waals surface area contributed by atoms with Crippen LogP contribution in [0.25, 0.3) is 0 Å². The molecule has 0 radical (unpaired) electrons. The first-order chi connectivity index (χ1) is 9.08. The summed E-state index contributed by atoms with van der Waals surface area (Å²) in [7, 11) is 0. The van der Waals surface area contributed by atoms with E-state index < -0.39 is 0 Å². The molecule has 0 amide bonds. The number of hydrogen-bond acceptors (Lipinski definition) is 3. The molecular weight excluding hydrogens is 238 g/mol. The average molecular weight is 263 g/mol. The van der Waals surface area contributed by atoms with Gasteiger partial charge in [-0.15, -0.1) is 0 Å². The zero-order valence-electron chi connectivity index (χ0n) is 12.2. The summed E-state index contributed by atoms with van der Waals surface area (Å²) < 4.78 is 1.80. The largest absolute Gasteiger partial charge is 0.314 e. The number of nitrogens with one attached hydrogen (secondary N) is 1. The second-order valence-electron chi connectivity index (χ2n) is 5.85. The molecule has 0 saturated carbocycles. The van der Waals surface area contributed by atoms with Gasteiger partial charge in [0, 0.05) is 50.5 Å². The molecule has 0 aromatic carbocycles. The summed E-state index contributed by atoms with van der Waals surface area (Å²) in [5.74, 6) is 0.632. The summed E-state index contributed by atoms with van der Waals surface area (Å²) in [6.45, 7) is 10.6. The van der Waals surface area contributed by atoms with Gasteiger partial charge in [0.2, 0.25) is 0 Å². The Kier molecular flexibility index (Phi) is 4.77. The monoisotopic (exact) mass is 263 g/mol. The highest BCUT2D eigenvalue weighted by atomic mass is 16.1. The predicted molar refractivity (Wildman–Crippen MR) is 78.4 cm³/mol. The SMILES string of the molecule is CC1CN(CCn2ccccc2=O)C(C(C)C)CN1. The van der Waals surface area contributed by atoms with Crippen molar-refractivity contribution in [2.24, 2.45) is 5.92 Å². The van der Waals surface area contributed by atoms with Gasteiger partial charge in [0.05, 0.1) is 0 Å². The number of nitrogens with zero attached hydrogens (tertiary/aromatic N) is 2. The molecule has 0 spiro atoms. The quantitative estimate of drug-likeness (QED) is 0.886. The molecule has 1 saturated heterocycles. The van der Waals surface area contributed by atoms with Gasteiger partial charge < -0.3 is 9.88 Å². The summed E-state index contributed by atoms with van der Waals surface area (Å²) >= 11 is 0. The van der Waals surface area contributed by atoms with Crippen LogP contribution in [-0.4, -0.2) is 41.2 Å². The van der Waals surface area contributed by atoms with Gasteiger partial charge in [-0.05, 0) is 18.9 Å². The van der Waals surface area contributed by atoms with Crippen LogP contribution in [0.5, 0.6) is 0 Å². The van der Waals surface area contributed by atoms with Crippen molar-refractivity contribution in [2.75, 3.05) is 19.6 Å². The Labute approximate surface area is 115 Å². The Morgan fingerprint density at radius 1 is 1.37 bits per heavy atom. The molecule has 1 aliphatic heterocycles. The van der Waals surface area contributed by atoms with Gasteiger partial charge in [-0.3, -0.25) is 9.69 Å². The fourth-order valence-corrected chi connectivity index (χ4v) is 2.80. The van der Waals surface area contributed by atoms with Crippen molar-refractivity contribution in [2.45, 2.75) is 39.4 Å². The van der Waals surface area contributed by atoms with Gasteiger partial charge in [-0.2, -0.15) is 0 Å². The lowest BCUT2D eigenvalue weighted by atomic mass is 9.99. The first-order valence-electron chi connectivity index (χ1n) is 7.21. The van der Waals surface area contributed by atoms with Gasteiger partial charge in [-0.25, -0.2) is 0 Å². The standard InChI is InChI=1S/C15H25N3O/c1-12(2)14-10-16-13(3)11-18(14)9-8-17-7-5-4-6-15(17)19/h4-7,12-14,16H,8-11H2,1-3H3. The lowest BCUT2D eigenvalue weighted by Gasteiger charge is -2.41. The van der Waals surface area contributed by atoms with E-state index in [-0.39, 0.29) is 5.56 Å². The number of aromatic nitrogens is 1. The third kappa shape index (κ3) is 3.67. The van der Waals surface area contributed by atoms with E-state index in [4.69, 9.17) is 0 Å². The molecule has 1 aromatic rings. The van der Waals surface area contributed by atoms with Crippen LogP contribution < -0.4 is 10.9 Å². The average Bonchev–Trinajstić information content (AvgIpc) is 2.37. The molecule has 1 aromatic heterocycles. The Morgan fingerprint density at radius 3 is 2.84 bits per heavy atom. The van der Waals surface area contributed by atoms with Gasteiger partial charge in [0.25, 0.3) is 5.56 Å². The molecule has 2 unspecified atom stereocenters. The maximum atomic E-state index is 11.7. The Bertz CT molecular complexity index is 455. The van der Waals surface area contributed by atoms with Gasteiger partial charge in [-0.1, -0.05) is 19.9 Å². The molecule has 1 N–H and O–H groups in total. The fraction of sp³-hybridized carbons (Fsp3) is 0.667. The van der Waals surface area contributed by atoms with Crippen LogP contribution in [0.1, 0.15) is 20.8 Å². The van der Waals surface area contributed by atoms with Crippen molar-refractivity contribution < 1.29 is 0 Å². The van der Waals surface area contributed by atoms with Crippen molar-refractivity contribution in [3.8, 4) is 0 Å². The number of rotatable bonds is 4. The zero-order chi connectivity index (χ0) is 13.8. The van der Waals surface area contributed by atoms with Crippen LogP contribution in [0.3, 0.4) is 0 Å². The molecule has 4 nitrogen and oxygen atoms in total. The van der Waals surface area contributed by atoms with E-state index in [0.29, 0.717) is 18.0 Å². The molecule has 2 heterocycles. The molecule has 4 heteroatoms. The van der Waals surface area contributed by atoms with Crippen LogP contribution >= 0.6 is 0 Å². The maximum Gasteiger partial charge on any atom is 0.250 e. The molecule has 19 heavy (non-hydrogen) atoms. The van der Waals surface area contributed by atoms with E-state index in [1.807, 2.05) is 12.3 Å². The van der Waals surface area contributed by atoms with Crippen LogP contribution in [0, 0.1) is 5.92 Å². The minimum Gasteiger partial charge on any atom is -0.314 e. The van der Waals surface area contributed by atoms with E-state index >= 15 is 0 Å². The Morgan fingerprint density at radius 2 is 2.16 bits per heavy atom. The Balaban J connectivity index is 1.99. The Hall–Kier alpha value is -1.13. The molecular formula is C15H25N3O. The van der Waals surface area contributed by atoms with Crippen molar-refractivity contribution in [1.29, 1.82) is 0 Å². The smallest absolute Gasteiger partial charge is 0.250 e. The third-order valence-corrected chi connectivity index (χ3v) is 3.95. The van der Waals surface area contributed by atoms with E-state index in [1.165, 1.54) is 0 Å². The number of hydrogen-bond donors (Lipinski definition) is 1. The zero-order valence-corrected chi connectivity index (χ0v) is 12.2. The van der Waals surface area contributed by atoms with Crippen molar-refractivity contribution in [3.63, 3.8) is 0 Å². The highest BCUT2D eigenvalue weighted by Crippen LogP contribution is 2.14. The van der Waals surface area contributed by atoms with Crippen LogP contribution in [-0.2, 0) is 6.54 Å². The molecule has 106 valence electrons. The van der Waals surface area contributed by atoms with Gasteiger partial charge in [0.1, 0.15) is 0 Å². The van der Waals surface area contributed by atoms with Gasteiger partial charge in [0.15, 0.2) is 0 Å².